The van der Waals surface area contributed by atoms with E-state index in [1.807, 2.05) is 74.5 Å². The zero-order valence-electron chi connectivity index (χ0n) is 12.0. The van der Waals surface area contributed by atoms with Gasteiger partial charge in [0.2, 0.25) is 0 Å². The van der Waals surface area contributed by atoms with Crippen molar-refractivity contribution in [2.24, 2.45) is 5.92 Å². The first kappa shape index (κ1) is 14.8. The molecule has 0 aromatic heterocycles. The highest BCUT2D eigenvalue weighted by Gasteiger charge is 2.39. The van der Waals surface area contributed by atoms with Crippen LogP contribution in [0.3, 0.4) is 0 Å². The van der Waals surface area contributed by atoms with E-state index in [2.05, 4.69) is 0 Å². The first-order valence-corrected chi connectivity index (χ1v) is 7.06. The second-order valence-electron chi connectivity index (χ2n) is 5.64. The summed E-state index contributed by atoms with van der Waals surface area (Å²) in [7, 11) is 0. The van der Waals surface area contributed by atoms with Crippen LogP contribution in [-0.2, 0) is 5.60 Å². The summed E-state index contributed by atoms with van der Waals surface area (Å²) in [6.45, 7) is 4.08. The molecule has 2 heteroatoms. The summed E-state index contributed by atoms with van der Waals surface area (Å²) in [5, 5.41) is 21.8. The van der Waals surface area contributed by atoms with Crippen molar-refractivity contribution in [3.63, 3.8) is 0 Å². The maximum atomic E-state index is 11.2. The lowest BCUT2D eigenvalue weighted by atomic mass is 9.79. The van der Waals surface area contributed by atoms with Crippen LogP contribution < -0.4 is 0 Å². The van der Waals surface area contributed by atoms with E-state index in [9.17, 15) is 10.2 Å². The summed E-state index contributed by atoms with van der Waals surface area (Å²) >= 11 is 0. The predicted octanol–water partition coefficient (Wildman–Crippen LogP) is 3.33. The minimum absolute atomic E-state index is 0.309. The SMILES string of the molecule is CC(C)C[C@H](O)C(O)(c1ccccc1)c1ccccc1. The predicted molar refractivity (Wildman–Crippen MR) is 81.3 cm³/mol. The topological polar surface area (TPSA) is 40.5 Å². The average Bonchev–Trinajstić information content (AvgIpc) is 2.47. The van der Waals surface area contributed by atoms with Crippen molar-refractivity contribution in [2.75, 3.05) is 0 Å². The quantitative estimate of drug-likeness (QED) is 0.875. The van der Waals surface area contributed by atoms with Crippen molar-refractivity contribution in [1.82, 2.24) is 0 Å². The Morgan fingerprint density at radius 2 is 1.25 bits per heavy atom. The van der Waals surface area contributed by atoms with Crippen molar-refractivity contribution in [3.8, 4) is 0 Å². The molecule has 106 valence electrons. The third kappa shape index (κ3) is 2.92. The molecule has 0 spiro atoms. The molecule has 0 aliphatic carbocycles. The fourth-order valence-corrected chi connectivity index (χ4v) is 2.55. The lowest BCUT2D eigenvalue weighted by molar-refractivity contribution is -0.0584. The van der Waals surface area contributed by atoms with Crippen molar-refractivity contribution in [3.05, 3.63) is 71.8 Å². The van der Waals surface area contributed by atoms with Gasteiger partial charge in [-0.3, -0.25) is 0 Å². The average molecular weight is 270 g/mol. The Labute approximate surface area is 120 Å². The minimum Gasteiger partial charge on any atom is -0.389 e. The smallest absolute Gasteiger partial charge is 0.140 e. The molecule has 2 aromatic rings. The van der Waals surface area contributed by atoms with Gasteiger partial charge in [0.25, 0.3) is 0 Å². The van der Waals surface area contributed by atoms with E-state index >= 15 is 0 Å². The first-order chi connectivity index (χ1) is 9.55. The van der Waals surface area contributed by atoms with Gasteiger partial charge < -0.3 is 10.2 Å². The molecule has 1 atom stereocenters. The molecular formula is C18H22O2. The maximum Gasteiger partial charge on any atom is 0.140 e. The zero-order chi connectivity index (χ0) is 14.6. The van der Waals surface area contributed by atoms with Crippen LogP contribution in [0.25, 0.3) is 0 Å². The van der Waals surface area contributed by atoms with Gasteiger partial charge in [0.1, 0.15) is 5.60 Å². The molecule has 0 saturated carbocycles. The lowest BCUT2D eigenvalue weighted by Crippen LogP contribution is -2.41. The molecule has 2 N–H and O–H groups in total. The molecule has 2 aromatic carbocycles. The van der Waals surface area contributed by atoms with Crippen LogP contribution >= 0.6 is 0 Å². The Hall–Kier alpha value is -1.64. The van der Waals surface area contributed by atoms with Gasteiger partial charge in [0, 0.05) is 0 Å². The van der Waals surface area contributed by atoms with E-state index in [0.29, 0.717) is 12.3 Å². The molecule has 0 aliphatic heterocycles. The molecule has 2 rings (SSSR count). The standard InChI is InChI=1S/C18H22O2/c1-14(2)13-17(19)18(20,15-9-5-3-6-10-15)16-11-7-4-8-12-16/h3-12,14,17,19-20H,13H2,1-2H3/t17-/m0/s1. The third-order valence-corrected chi connectivity index (χ3v) is 3.60. The maximum absolute atomic E-state index is 11.2. The summed E-state index contributed by atoms with van der Waals surface area (Å²) in [6.07, 6.45) is -0.299. The van der Waals surface area contributed by atoms with Gasteiger partial charge in [0.15, 0.2) is 0 Å². The Balaban J connectivity index is 2.49. The van der Waals surface area contributed by atoms with E-state index in [0.717, 1.165) is 11.1 Å². The van der Waals surface area contributed by atoms with Crippen LogP contribution in [-0.4, -0.2) is 16.3 Å². The molecule has 0 bridgehead atoms. The van der Waals surface area contributed by atoms with Gasteiger partial charge in [-0.25, -0.2) is 0 Å². The number of aliphatic hydroxyl groups is 2. The van der Waals surface area contributed by atoms with Crippen LogP contribution in [0.15, 0.2) is 60.7 Å². The Morgan fingerprint density at radius 3 is 1.60 bits per heavy atom. The van der Waals surface area contributed by atoms with Crippen LogP contribution in [0, 0.1) is 5.92 Å². The largest absolute Gasteiger partial charge is 0.389 e. The van der Waals surface area contributed by atoms with Crippen molar-refractivity contribution in [1.29, 1.82) is 0 Å². The summed E-state index contributed by atoms with van der Waals surface area (Å²) in [5.74, 6) is 0.309. The summed E-state index contributed by atoms with van der Waals surface area (Å²) in [5.41, 5.74) is 0.0750. The number of hydrogen-bond donors (Lipinski definition) is 2. The number of hydrogen-bond acceptors (Lipinski definition) is 2. The Morgan fingerprint density at radius 1 is 0.850 bits per heavy atom. The summed E-state index contributed by atoms with van der Waals surface area (Å²) in [4.78, 5) is 0. The third-order valence-electron chi connectivity index (χ3n) is 3.60. The highest BCUT2D eigenvalue weighted by molar-refractivity contribution is 5.37. The van der Waals surface area contributed by atoms with Crippen molar-refractivity contribution < 1.29 is 10.2 Å². The Bertz CT molecular complexity index is 480. The van der Waals surface area contributed by atoms with Gasteiger partial charge in [-0.15, -0.1) is 0 Å². The summed E-state index contributed by atoms with van der Waals surface area (Å²) < 4.78 is 0. The number of aliphatic hydroxyl groups excluding tert-OH is 1. The number of benzene rings is 2. The van der Waals surface area contributed by atoms with Crippen LogP contribution in [0.1, 0.15) is 31.4 Å². The molecule has 0 fully saturated rings. The van der Waals surface area contributed by atoms with Crippen molar-refractivity contribution >= 4 is 0 Å². The Kier molecular flexibility index (Phi) is 4.58. The normalized spacial score (nSPS) is 13.4. The zero-order valence-corrected chi connectivity index (χ0v) is 12.0. The fraction of sp³-hybridized carbons (Fsp3) is 0.333. The fourth-order valence-electron chi connectivity index (χ4n) is 2.55. The second kappa shape index (κ2) is 6.21. The molecule has 2 nitrogen and oxygen atoms in total. The monoisotopic (exact) mass is 270 g/mol. The second-order valence-corrected chi connectivity index (χ2v) is 5.64. The van der Waals surface area contributed by atoms with E-state index in [1.54, 1.807) is 0 Å². The molecule has 0 heterocycles. The molecular weight excluding hydrogens is 248 g/mol. The van der Waals surface area contributed by atoms with Crippen LogP contribution in [0.4, 0.5) is 0 Å². The molecule has 0 radical (unpaired) electrons. The van der Waals surface area contributed by atoms with E-state index in [1.165, 1.54) is 0 Å². The molecule has 0 saturated heterocycles. The van der Waals surface area contributed by atoms with Gasteiger partial charge >= 0.3 is 0 Å². The van der Waals surface area contributed by atoms with Gasteiger partial charge in [-0.2, -0.15) is 0 Å². The first-order valence-electron chi connectivity index (χ1n) is 7.06. The lowest BCUT2D eigenvalue weighted by Gasteiger charge is -2.35. The van der Waals surface area contributed by atoms with Gasteiger partial charge in [-0.1, -0.05) is 74.5 Å². The van der Waals surface area contributed by atoms with E-state index in [4.69, 9.17) is 0 Å². The van der Waals surface area contributed by atoms with Gasteiger partial charge in [-0.05, 0) is 23.5 Å². The molecule has 0 aliphatic rings. The van der Waals surface area contributed by atoms with Gasteiger partial charge in [0.05, 0.1) is 6.10 Å². The van der Waals surface area contributed by atoms with Crippen molar-refractivity contribution in [2.45, 2.75) is 32.0 Å². The highest BCUT2D eigenvalue weighted by Crippen LogP contribution is 2.35. The minimum atomic E-state index is -1.37. The van der Waals surface area contributed by atoms with E-state index < -0.39 is 11.7 Å². The molecule has 0 amide bonds. The molecule has 0 unspecified atom stereocenters. The number of rotatable bonds is 5. The summed E-state index contributed by atoms with van der Waals surface area (Å²) in [6, 6.07) is 18.8. The molecule has 20 heavy (non-hydrogen) atoms. The van der Waals surface area contributed by atoms with Crippen LogP contribution in [0.5, 0.6) is 0 Å². The highest BCUT2D eigenvalue weighted by atomic mass is 16.3. The van der Waals surface area contributed by atoms with E-state index in [-0.39, 0.29) is 0 Å². The van der Waals surface area contributed by atoms with Crippen LogP contribution in [0.2, 0.25) is 0 Å².